The minimum absolute atomic E-state index is 0.258. The van der Waals surface area contributed by atoms with Crippen LogP contribution in [0.3, 0.4) is 0 Å². The van der Waals surface area contributed by atoms with Crippen LogP contribution in [0.2, 0.25) is 0 Å². The molecule has 0 aromatic heterocycles. The first-order valence-corrected chi connectivity index (χ1v) is 5.73. The minimum Gasteiger partial charge on any atom is -0.497 e. The van der Waals surface area contributed by atoms with Crippen LogP contribution in [0.1, 0.15) is 5.56 Å². The number of hydrogen-bond donors (Lipinski definition) is 3. The summed E-state index contributed by atoms with van der Waals surface area (Å²) in [5.41, 5.74) is 5.78. The van der Waals surface area contributed by atoms with Gasteiger partial charge in [-0.25, -0.2) is 10.6 Å². The first kappa shape index (κ1) is 11.2. The molecule has 1 unspecified atom stereocenters. The molecule has 0 saturated carbocycles. The highest BCUT2D eigenvalue weighted by Crippen LogP contribution is 2.23. The third kappa shape index (κ3) is 3.89. The maximum atomic E-state index is 10.7. The van der Waals surface area contributed by atoms with E-state index in [1.54, 1.807) is 31.4 Å². The molecule has 0 spiro atoms. The van der Waals surface area contributed by atoms with E-state index in [1.807, 2.05) is 0 Å². The molecule has 78 valence electrons. The van der Waals surface area contributed by atoms with Crippen LogP contribution >= 0.6 is 7.67 Å². The van der Waals surface area contributed by atoms with Crippen molar-refractivity contribution in [3.8, 4) is 5.75 Å². The van der Waals surface area contributed by atoms with Gasteiger partial charge >= 0.3 is 7.67 Å². The van der Waals surface area contributed by atoms with Gasteiger partial charge in [0.05, 0.1) is 7.11 Å². The fourth-order valence-electron chi connectivity index (χ4n) is 0.948. The lowest BCUT2D eigenvalue weighted by Gasteiger charge is -2.07. The fraction of sp³-hybridized carbons (Fsp3) is 0.250. The Morgan fingerprint density at radius 3 is 2.50 bits per heavy atom. The predicted molar refractivity (Wildman–Crippen MR) is 53.8 cm³/mol. The Bertz CT molecular complexity index is 333. The fourth-order valence-corrected chi connectivity index (χ4v) is 1.36. The van der Waals surface area contributed by atoms with Gasteiger partial charge in [-0.2, -0.15) is 0 Å². The second kappa shape index (κ2) is 4.57. The highest BCUT2D eigenvalue weighted by atomic mass is 31.2. The molecule has 0 bridgehead atoms. The Hall–Kier alpha value is -0.870. The number of rotatable bonds is 4. The summed E-state index contributed by atoms with van der Waals surface area (Å²) in [5.74, 6) is 0.744. The van der Waals surface area contributed by atoms with Gasteiger partial charge in [-0.1, -0.05) is 12.1 Å². The smallest absolute Gasteiger partial charge is 0.335 e. The van der Waals surface area contributed by atoms with Crippen molar-refractivity contribution < 1.29 is 14.2 Å². The van der Waals surface area contributed by atoms with Crippen LogP contribution in [0.5, 0.6) is 5.75 Å². The zero-order valence-corrected chi connectivity index (χ0v) is 8.70. The summed E-state index contributed by atoms with van der Waals surface area (Å²) in [5, 5.41) is 2.32. The number of hydrogen-bond acceptors (Lipinski definition) is 2. The molecule has 14 heavy (non-hydrogen) atoms. The van der Waals surface area contributed by atoms with Crippen LogP contribution in [-0.2, 0) is 11.1 Å². The number of nitrogens with one attached hydrogen (secondary N) is 1. The largest absolute Gasteiger partial charge is 0.497 e. The van der Waals surface area contributed by atoms with Gasteiger partial charge in [0, 0.05) is 6.54 Å². The van der Waals surface area contributed by atoms with Gasteiger partial charge in [0.2, 0.25) is 0 Å². The number of methoxy groups -OCH3 is 1. The van der Waals surface area contributed by atoms with Crippen LogP contribution in [0, 0.1) is 0 Å². The van der Waals surface area contributed by atoms with Gasteiger partial charge in [-0.15, -0.1) is 0 Å². The first-order chi connectivity index (χ1) is 6.51. The molecule has 1 atom stereocenters. The standard InChI is InChI=1S/C8H13N2O3P/c1-13-8-4-2-7(3-5-8)6-10-14(9,11)12/h2-5H,6H2,1H3,(H4,9,10,11,12). The number of ether oxygens (including phenoxy) is 1. The van der Waals surface area contributed by atoms with Gasteiger partial charge in [0.25, 0.3) is 0 Å². The molecule has 6 heteroatoms. The molecule has 5 nitrogen and oxygen atoms in total. The number of benzene rings is 1. The van der Waals surface area contributed by atoms with Crippen molar-refractivity contribution in [3.05, 3.63) is 29.8 Å². The zero-order valence-electron chi connectivity index (χ0n) is 7.80. The summed E-state index contributed by atoms with van der Waals surface area (Å²) in [4.78, 5) is 8.78. The van der Waals surface area contributed by atoms with Crippen LogP contribution in [-0.4, -0.2) is 12.0 Å². The first-order valence-electron chi connectivity index (χ1n) is 4.01. The summed E-state index contributed by atoms with van der Waals surface area (Å²) in [6.45, 7) is 0.258. The van der Waals surface area contributed by atoms with E-state index in [2.05, 4.69) is 5.09 Å². The van der Waals surface area contributed by atoms with E-state index in [1.165, 1.54) is 0 Å². The van der Waals surface area contributed by atoms with E-state index >= 15 is 0 Å². The summed E-state index contributed by atoms with van der Waals surface area (Å²) in [6, 6.07) is 7.13. The summed E-state index contributed by atoms with van der Waals surface area (Å²) in [6.07, 6.45) is 0. The van der Waals surface area contributed by atoms with Gasteiger partial charge in [-0.3, -0.25) is 4.57 Å². The summed E-state index contributed by atoms with van der Waals surface area (Å²) >= 11 is 0. The third-order valence-electron chi connectivity index (χ3n) is 1.67. The van der Waals surface area contributed by atoms with E-state index in [-0.39, 0.29) is 6.54 Å². The molecule has 1 aromatic rings. The van der Waals surface area contributed by atoms with Crippen molar-refractivity contribution in [2.45, 2.75) is 6.54 Å². The average molecular weight is 216 g/mol. The second-order valence-electron chi connectivity index (χ2n) is 2.81. The Morgan fingerprint density at radius 1 is 1.50 bits per heavy atom. The Kier molecular flexibility index (Phi) is 3.66. The highest BCUT2D eigenvalue weighted by Gasteiger charge is 2.08. The Balaban J connectivity index is 2.56. The van der Waals surface area contributed by atoms with Gasteiger partial charge in [-0.05, 0) is 17.7 Å². The highest BCUT2D eigenvalue weighted by molar-refractivity contribution is 7.53. The summed E-state index contributed by atoms with van der Waals surface area (Å²) < 4.78 is 15.7. The summed E-state index contributed by atoms with van der Waals surface area (Å²) in [7, 11) is -2.05. The molecule has 0 fully saturated rings. The lowest BCUT2D eigenvalue weighted by Crippen LogP contribution is -2.14. The van der Waals surface area contributed by atoms with E-state index in [4.69, 9.17) is 15.1 Å². The quantitative estimate of drug-likeness (QED) is 0.649. The molecule has 0 heterocycles. The maximum absolute atomic E-state index is 10.7. The van der Waals surface area contributed by atoms with Crippen molar-refractivity contribution >= 4 is 7.67 Å². The molecule has 4 N–H and O–H groups in total. The molecule has 0 saturated heterocycles. The van der Waals surface area contributed by atoms with Crippen molar-refractivity contribution in [2.24, 2.45) is 5.50 Å². The molecule has 1 aromatic carbocycles. The lowest BCUT2D eigenvalue weighted by atomic mass is 10.2. The molecule has 0 aliphatic heterocycles. The molecule has 0 aliphatic carbocycles. The Labute approximate surface area is 82.4 Å². The van der Waals surface area contributed by atoms with E-state index in [9.17, 15) is 4.57 Å². The molecule has 0 radical (unpaired) electrons. The van der Waals surface area contributed by atoms with Crippen molar-refractivity contribution in [3.63, 3.8) is 0 Å². The molecule has 0 amide bonds. The van der Waals surface area contributed by atoms with Gasteiger partial charge in [0.15, 0.2) is 0 Å². The molecular weight excluding hydrogens is 203 g/mol. The predicted octanol–water partition coefficient (Wildman–Crippen LogP) is 0.844. The van der Waals surface area contributed by atoms with E-state index in [0.717, 1.165) is 11.3 Å². The van der Waals surface area contributed by atoms with Crippen molar-refractivity contribution in [1.29, 1.82) is 0 Å². The van der Waals surface area contributed by atoms with Crippen molar-refractivity contribution in [1.82, 2.24) is 5.09 Å². The SMILES string of the molecule is COc1ccc(CNP(N)(=O)O)cc1. The monoisotopic (exact) mass is 216 g/mol. The minimum atomic E-state index is -3.63. The van der Waals surface area contributed by atoms with Crippen LogP contribution in [0.25, 0.3) is 0 Å². The average Bonchev–Trinajstić information content (AvgIpc) is 2.14. The van der Waals surface area contributed by atoms with E-state index in [0.29, 0.717) is 0 Å². The van der Waals surface area contributed by atoms with Crippen LogP contribution < -0.4 is 15.3 Å². The Morgan fingerprint density at radius 2 is 2.07 bits per heavy atom. The molecule has 0 aliphatic rings. The second-order valence-corrected chi connectivity index (χ2v) is 4.37. The third-order valence-corrected chi connectivity index (χ3v) is 2.28. The topological polar surface area (TPSA) is 84.6 Å². The van der Waals surface area contributed by atoms with Crippen molar-refractivity contribution in [2.75, 3.05) is 7.11 Å². The van der Waals surface area contributed by atoms with Gasteiger partial charge in [0.1, 0.15) is 5.75 Å². The van der Waals surface area contributed by atoms with Crippen LogP contribution in [0.4, 0.5) is 0 Å². The number of nitrogens with two attached hydrogens (primary N) is 1. The normalized spacial score (nSPS) is 14.8. The van der Waals surface area contributed by atoms with Gasteiger partial charge < -0.3 is 9.63 Å². The van der Waals surface area contributed by atoms with E-state index < -0.39 is 7.67 Å². The lowest BCUT2D eigenvalue weighted by molar-refractivity contribution is 0.414. The maximum Gasteiger partial charge on any atom is 0.335 e. The molecular formula is C8H13N2O3P. The molecule has 1 rings (SSSR count). The van der Waals surface area contributed by atoms with Crippen LogP contribution in [0.15, 0.2) is 24.3 Å². The zero-order chi connectivity index (χ0) is 10.6.